The second-order valence-electron chi connectivity index (χ2n) is 3.67. The molecule has 0 aliphatic heterocycles. The molecule has 17 heavy (non-hydrogen) atoms. The number of likely N-dealkylation sites (N-methyl/N-ethyl adjacent to an activating group) is 1. The van der Waals surface area contributed by atoms with Gasteiger partial charge in [0.25, 0.3) is 0 Å². The Labute approximate surface area is 116 Å². The van der Waals surface area contributed by atoms with Crippen molar-refractivity contribution in [3.8, 4) is 0 Å². The van der Waals surface area contributed by atoms with Crippen molar-refractivity contribution in [2.45, 2.75) is 18.6 Å². The minimum absolute atomic E-state index is 0.214. The highest BCUT2D eigenvalue weighted by Crippen LogP contribution is 2.37. The zero-order chi connectivity index (χ0) is 13.0. The number of aliphatic hydroxyl groups excluding tert-OH is 1. The van der Waals surface area contributed by atoms with Crippen molar-refractivity contribution in [2.24, 2.45) is 5.73 Å². The molecule has 0 aliphatic carbocycles. The number of hydrogen-bond donors (Lipinski definition) is 3. The molecule has 1 aromatic carbocycles. The lowest BCUT2D eigenvalue weighted by Gasteiger charge is -2.24. The maximum atomic E-state index is 10.3. The van der Waals surface area contributed by atoms with Crippen LogP contribution in [0.2, 0.25) is 15.1 Å². The van der Waals surface area contributed by atoms with Gasteiger partial charge in [-0.05, 0) is 32.1 Å². The molecule has 1 rings (SSSR count). The van der Waals surface area contributed by atoms with Crippen molar-refractivity contribution in [1.29, 1.82) is 0 Å². The number of halogens is 3. The third-order valence-corrected chi connectivity index (χ3v) is 3.75. The minimum atomic E-state index is -0.845. The standard InChI is InChI=1S/C11H15Cl3N2O/c1-16-8(4-5-15)11(17)9-6(12)2-3-7(13)10(9)14/h2-3,8,11,16-17H,4-5,15H2,1H3. The number of hydrogen-bond acceptors (Lipinski definition) is 3. The van der Waals surface area contributed by atoms with Gasteiger partial charge >= 0.3 is 0 Å². The van der Waals surface area contributed by atoms with Crippen LogP contribution in [0.25, 0.3) is 0 Å². The topological polar surface area (TPSA) is 58.3 Å². The van der Waals surface area contributed by atoms with Gasteiger partial charge in [0.05, 0.1) is 16.1 Å². The van der Waals surface area contributed by atoms with Crippen LogP contribution in [-0.4, -0.2) is 24.7 Å². The van der Waals surface area contributed by atoms with Gasteiger partial charge in [-0.15, -0.1) is 0 Å². The van der Waals surface area contributed by atoms with Gasteiger partial charge in [0.1, 0.15) is 0 Å². The second kappa shape index (κ2) is 6.78. The predicted octanol–water partition coefficient (Wildman–Crippen LogP) is 2.62. The van der Waals surface area contributed by atoms with Crippen molar-refractivity contribution in [3.63, 3.8) is 0 Å². The highest BCUT2D eigenvalue weighted by Gasteiger charge is 2.24. The van der Waals surface area contributed by atoms with Crippen molar-refractivity contribution in [2.75, 3.05) is 13.6 Å². The first kappa shape index (κ1) is 15.0. The Hall–Kier alpha value is -0.0300. The molecule has 6 heteroatoms. The highest BCUT2D eigenvalue weighted by atomic mass is 35.5. The lowest BCUT2D eigenvalue weighted by atomic mass is 9.99. The molecule has 0 fully saturated rings. The van der Waals surface area contributed by atoms with Crippen LogP contribution in [0.15, 0.2) is 12.1 Å². The Morgan fingerprint density at radius 1 is 1.29 bits per heavy atom. The maximum absolute atomic E-state index is 10.3. The molecule has 3 nitrogen and oxygen atoms in total. The van der Waals surface area contributed by atoms with E-state index in [0.717, 1.165) is 0 Å². The monoisotopic (exact) mass is 296 g/mol. The van der Waals surface area contributed by atoms with E-state index in [1.165, 1.54) is 0 Å². The first-order valence-electron chi connectivity index (χ1n) is 5.21. The van der Waals surface area contributed by atoms with Crippen LogP contribution in [0.1, 0.15) is 18.1 Å². The quantitative estimate of drug-likeness (QED) is 0.732. The zero-order valence-electron chi connectivity index (χ0n) is 9.38. The molecule has 0 radical (unpaired) electrons. The predicted molar refractivity (Wildman–Crippen MR) is 73.0 cm³/mol. The van der Waals surface area contributed by atoms with Crippen molar-refractivity contribution in [1.82, 2.24) is 5.32 Å². The summed E-state index contributed by atoms with van der Waals surface area (Å²) in [6.45, 7) is 0.457. The van der Waals surface area contributed by atoms with Gasteiger partial charge in [0, 0.05) is 16.6 Å². The van der Waals surface area contributed by atoms with Gasteiger partial charge in [0.15, 0.2) is 0 Å². The number of aliphatic hydroxyl groups is 1. The van der Waals surface area contributed by atoms with Crippen LogP contribution in [0.3, 0.4) is 0 Å². The fourth-order valence-corrected chi connectivity index (χ4v) is 2.41. The minimum Gasteiger partial charge on any atom is -0.387 e. The Balaban J connectivity index is 3.10. The van der Waals surface area contributed by atoms with E-state index in [1.54, 1.807) is 19.2 Å². The van der Waals surface area contributed by atoms with Gasteiger partial charge < -0.3 is 16.2 Å². The molecule has 1 aromatic rings. The highest BCUT2D eigenvalue weighted by molar-refractivity contribution is 6.44. The summed E-state index contributed by atoms with van der Waals surface area (Å²) in [5.41, 5.74) is 5.92. The lowest BCUT2D eigenvalue weighted by molar-refractivity contribution is 0.129. The molecule has 0 aliphatic rings. The van der Waals surface area contributed by atoms with E-state index >= 15 is 0 Å². The Kier molecular flexibility index (Phi) is 6.00. The Morgan fingerprint density at radius 2 is 1.88 bits per heavy atom. The second-order valence-corrected chi connectivity index (χ2v) is 4.87. The first-order valence-corrected chi connectivity index (χ1v) is 6.35. The molecule has 0 heterocycles. The molecule has 2 atom stereocenters. The van der Waals surface area contributed by atoms with Crippen LogP contribution in [0, 0.1) is 0 Å². The molecular formula is C11H15Cl3N2O. The molecular weight excluding hydrogens is 282 g/mol. The van der Waals surface area contributed by atoms with E-state index in [0.29, 0.717) is 28.6 Å². The van der Waals surface area contributed by atoms with Crippen molar-refractivity contribution >= 4 is 34.8 Å². The van der Waals surface area contributed by atoms with Crippen LogP contribution in [0.5, 0.6) is 0 Å². The van der Waals surface area contributed by atoms with Crippen molar-refractivity contribution < 1.29 is 5.11 Å². The van der Waals surface area contributed by atoms with Crippen LogP contribution >= 0.6 is 34.8 Å². The molecule has 0 saturated heterocycles. The first-order chi connectivity index (χ1) is 8.02. The third-order valence-electron chi connectivity index (χ3n) is 2.60. The number of nitrogens with two attached hydrogens (primary N) is 1. The number of nitrogens with one attached hydrogen (secondary N) is 1. The van der Waals surface area contributed by atoms with Gasteiger partial charge in [-0.3, -0.25) is 0 Å². The largest absolute Gasteiger partial charge is 0.387 e. The molecule has 0 bridgehead atoms. The summed E-state index contributed by atoms with van der Waals surface area (Å²) in [4.78, 5) is 0. The summed E-state index contributed by atoms with van der Waals surface area (Å²) in [6.07, 6.45) is -0.237. The van der Waals surface area contributed by atoms with E-state index < -0.39 is 6.10 Å². The molecule has 0 aromatic heterocycles. The van der Waals surface area contributed by atoms with Gasteiger partial charge in [-0.25, -0.2) is 0 Å². The van der Waals surface area contributed by atoms with Gasteiger partial charge in [0.2, 0.25) is 0 Å². The van der Waals surface area contributed by atoms with Crippen LogP contribution < -0.4 is 11.1 Å². The average molecular weight is 298 g/mol. The van der Waals surface area contributed by atoms with E-state index in [-0.39, 0.29) is 11.1 Å². The summed E-state index contributed by atoms with van der Waals surface area (Å²) in [7, 11) is 1.75. The molecule has 96 valence electrons. The normalized spacial score (nSPS) is 14.7. The van der Waals surface area contributed by atoms with E-state index in [2.05, 4.69) is 5.32 Å². The molecule has 0 amide bonds. The summed E-state index contributed by atoms with van der Waals surface area (Å²) < 4.78 is 0. The molecule has 2 unspecified atom stereocenters. The summed E-state index contributed by atoms with van der Waals surface area (Å²) in [5, 5.41) is 14.3. The molecule has 0 saturated carbocycles. The van der Waals surface area contributed by atoms with Crippen LogP contribution in [0.4, 0.5) is 0 Å². The SMILES string of the molecule is CNC(CCN)C(O)c1c(Cl)ccc(Cl)c1Cl. The smallest absolute Gasteiger partial charge is 0.0972 e. The Bertz CT molecular complexity index is 387. The number of rotatable bonds is 5. The summed E-state index contributed by atoms with van der Waals surface area (Å²) in [5.74, 6) is 0. The Morgan fingerprint density at radius 3 is 2.41 bits per heavy atom. The lowest BCUT2D eigenvalue weighted by Crippen LogP contribution is -2.34. The van der Waals surface area contributed by atoms with Crippen LogP contribution in [-0.2, 0) is 0 Å². The van der Waals surface area contributed by atoms with Gasteiger partial charge in [-0.2, -0.15) is 0 Å². The average Bonchev–Trinajstić information content (AvgIpc) is 2.31. The zero-order valence-corrected chi connectivity index (χ0v) is 11.6. The summed E-state index contributed by atoms with van der Waals surface area (Å²) in [6, 6.07) is 3.00. The van der Waals surface area contributed by atoms with E-state index in [9.17, 15) is 5.11 Å². The molecule has 4 N–H and O–H groups in total. The van der Waals surface area contributed by atoms with Crippen molar-refractivity contribution in [3.05, 3.63) is 32.8 Å². The third kappa shape index (κ3) is 3.47. The summed E-state index contributed by atoms with van der Waals surface area (Å²) >= 11 is 18.0. The fraction of sp³-hybridized carbons (Fsp3) is 0.455. The maximum Gasteiger partial charge on any atom is 0.0972 e. The fourth-order valence-electron chi connectivity index (χ4n) is 1.65. The van der Waals surface area contributed by atoms with Gasteiger partial charge in [-0.1, -0.05) is 34.8 Å². The number of benzene rings is 1. The van der Waals surface area contributed by atoms with E-state index in [1.807, 2.05) is 0 Å². The van der Waals surface area contributed by atoms with E-state index in [4.69, 9.17) is 40.5 Å². The molecule has 0 spiro atoms.